The van der Waals surface area contributed by atoms with Gasteiger partial charge < -0.3 is 25.8 Å². The Hall–Kier alpha value is -4.48. The summed E-state index contributed by atoms with van der Waals surface area (Å²) < 4.78 is 10.6. The van der Waals surface area contributed by atoms with Crippen molar-refractivity contribution in [2.24, 2.45) is 16.6 Å². The van der Waals surface area contributed by atoms with Crippen molar-refractivity contribution in [3.8, 4) is 22.9 Å². The molecule has 0 unspecified atom stereocenters. The molecule has 0 spiro atoms. The summed E-state index contributed by atoms with van der Waals surface area (Å²) in [7, 11) is 3.08. The number of hydrogen-bond donors (Lipinski definition) is 4. The van der Waals surface area contributed by atoms with Gasteiger partial charge in [-0.1, -0.05) is 56.4 Å². The van der Waals surface area contributed by atoms with Crippen LogP contribution in [-0.2, 0) is 16.0 Å². The van der Waals surface area contributed by atoms with Crippen LogP contribution >= 0.6 is 0 Å². The molecule has 4 rings (SSSR count). The maximum atomic E-state index is 13.5. The fourth-order valence-corrected chi connectivity index (χ4v) is 5.17. The Morgan fingerprint density at radius 2 is 1.85 bits per heavy atom. The van der Waals surface area contributed by atoms with Crippen molar-refractivity contribution < 1.29 is 19.1 Å². The summed E-state index contributed by atoms with van der Waals surface area (Å²) in [6.45, 7) is 1.91. The first-order valence-electron chi connectivity index (χ1n) is 13.8. The molecular formula is C29H38N8O4. The zero-order valence-electron chi connectivity index (χ0n) is 23.7. The van der Waals surface area contributed by atoms with Gasteiger partial charge in [-0.2, -0.15) is 4.99 Å². The summed E-state index contributed by atoms with van der Waals surface area (Å²) in [5, 5.41) is 20.1. The van der Waals surface area contributed by atoms with E-state index in [1.54, 1.807) is 25.3 Å². The number of carbonyl (C=O) groups excluding carboxylic acids is 2. The molecule has 41 heavy (non-hydrogen) atoms. The average Bonchev–Trinajstić information content (AvgIpc) is 3.52. The lowest BCUT2D eigenvalue weighted by molar-refractivity contribution is -0.124. The highest BCUT2D eigenvalue weighted by Crippen LogP contribution is 2.29. The number of aromatic amines is 1. The van der Waals surface area contributed by atoms with Crippen molar-refractivity contribution in [1.29, 1.82) is 0 Å². The number of guanidine groups is 1. The van der Waals surface area contributed by atoms with Gasteiger partial charge in [-0.3, -0.25) is 9.59 Å². The quantitative estimate of drug-likeness (QED) is 0.203. The first kappa shape index (κ1) is 29.5. The lowest BCUT2D eigenvalue weighted by atomic mass is 9.84. The highest BCUT2D eigenvalue weighted by Gasteiger charge is 2.26. The molecule has 0 bridgehead atoms. The number of amides is 2. The number of tetrazole rings is 1. The minimum atomic E-state index is -0.639. The van der Waals surface area contributed by atoms with Gasteiger partial charge in [0.25, 0.3) is 5.91 Å². The number of rotatable bonds is 11. The lowest BCUT2D eigenvalue weighted by Gasteiger charge is -2.28. The second kappa shape index (κ2) is 14.2. The Kier molecular flexibility index (Phi) is 10.2. The first-order valence-corrected chi connectivity index (χ1v) is 13.8. The van der Waals surface area contributed by atoms with Crippen LogP contribution in [-0.4, -0.2) is 58.7 Å². The number of H-pyrrole nitrogens is 1. The van der Waals surface area contributed by atoms with E-state index in [4.69, 9.17) is 15.2 Å². The number of nitrogens with two attached hydrogens (primary N) is 1. The van der Waals surface area contributed by atoms with Gasteiger partial charge in [-0.15, -0.1) is 5.10 Å². The van der Waals surface area contributed by atoms with Crippen LogP contribution in [0.5, 0.6) is 11.5 Å². The molecule has 0 radical (unpaired) electrons. The Balaban J connectivity index is 1.44. The average molecular weight is 563 g/mol. The third kappa shape index (κ3) is 8.26. The molecule has 1 aliphatic carbocycles. The van der Waals surface area contributed by atoms with E-state index in [0.29, 0.717) is 35.2 Å². The summed E-state index contributed by atoms with van der Waals surface area (Å²) in [5.74, 6) is 1.30. The van der Waals surface area contributed by atoms with Crippen LogP contribution in [0.25, 0.3) is 11.4 Å². The molecule has 2 amide bonds. The van der Waals surface area contributed by atoms with E-state index in [0.717, 1.165) is 36.8 Å². The van der Waals surface area contributed by atoms with Gasteiger partial charge in [0.05, 0.1) is 26.7 Å². The van der Waals surface area contributed by atoms with E-state index >= 15 is 0 Å². The number of nitrogens with zero attached hydrogens (tertiary/aromatic N) is 4. The predicted molar refractivity (Wildman–Crippen MR) is 154 cm³/mol. The maximum absolute atomic E-state index is 13.5. The summed E-state index contributed by atoms with van der Waals surface area (Å²) in [4.78, 5) is 30.3. The Morgan fingerprint density at radius 1 is 1.07 bits per heavy atom. The van der Waals surface area contributed by atoms with Gasteiger partial charge in [-0.05, 0) is 59.0 Å². The third-order valence-corrected chi connectivity index (χ3v) is 7.35. The number of benzene rings is 2. The smallest absolute Gasteiger partial charge is 0.253 e. The number of methoxy groups -OCH3 is 2. The van der Waals surface area contributed by atoms with Gasteiger partial charge in [0, 0.05) is 5.56 Å². The van der Waals surface area contributed by atoms with Gasteiger partial charge in [-0.25, -0.2) is 5.10 Å². The van der Waals surface area contributed by atoms with Crippen LogP contribution < -0.4 is 25.8 Å². The molecular weight excluding hydrogens is 524 g/mol. The molecule has 12 heteroatoms. The van der Waals surface area contributed by atoms with E-state index in [9.17, 15) is 9.59 Å². The van der Waals surface area contributed by atoms with E-state index in [2.05, 4.69) is 36.3 Å². The second-order valence-electron chi connectivity index (χ2n) is 10.3. The molecule has 12 nitrogen and oxygen atoms in total. The second-order valence-corrected chi connectivity index (χ2v) is 10.3. The third-order valence-electron chi connectivity index (χ3n) is 7.35. The van der Waals surface area contributed by atoms with Crippen LogP contribution in [0, 0.1) is 5.92 Å². The molecule has 0 aliphatic heterocycles. The zero-order chi connectivity index (χ0) is 29.2. The molecule has 218 valence electrons. The number of aromatic nitrogens is 4. The molecule has 1 heterocycles. The maximum Gasteiger partial charge on any atom is 0.253 e. The summed E-state index contributed by atoms with van der Waals surface area (Å²) >= 11 is 0. The standard InChI is InChI=1S/C29H38N8O4/c1-18(21-10-7-11-22(17-21)27-34-36-37-35-27)31-28(39)23(14-19-8-5-4-6-9-19)32-29(30)33-26(38)16-20-12-13-24(40-2)25(15-20)41-3/h7,10-13,15,17-19,23H,4-6,8-9,14,16H2,1-3H3,(H,31,39)(H3,30,32,33,38)(H,34,35,36,37)/t18-,23+/m0/s1. The van der Waals surface area contributed by atoms with Crippen molar-refractivity contribution in [1.82, 2.24) is 31.3 Å². The molecule has 1 aromatic heterocycles. The zero-order valence-corrected chi connectivity index (χ0v) is 23.7. The van der Waals surface area contributed by atoms with Gasteiger partial charge in [0.15, 0.2) is 23.3 Å². The Bertz CT molecular complexity index is 1340. The SMILES string of the molecule is COc1ccc(CC(=O)N=C(N)N[C@H](CC2CCCCC2)C(=O)N[C@@H](C)c2cccc(-c3nnn[nH]3)c2)cc1OC. The molecule has 1 aliphatic rings. The number of carbonyl (C=O) groups is 2. The van der Waals surface area contributed by atoms with E-state index in [1.807, 2.05) is 31.2 Å². The van der Waals surface area contributed by atoms with Crippen LogP contribution in [0.4, 0.5) is 0 Å². The van der Waals surface area contributed by atoms with Crippen molar-refractivity contribution in [3.63, 3.8) is 0 Å². The van der Waals surface area contributed by atoms with Crippen molar-refractivity contribution in [3.05, 3.63) is 53.6 Å². The van der Waals surface area contributed by atoms with Gasteiger partial charge in [0.1, 0.15) is 6.04 Å². The predicted octanol–water partition coefficient (Wildman–Crippen LogP) is 3.07. The number of ether oxygens (including phenoxy) is 2. The van der Waals surface area contributed by atoms with Crippen molar-refractivity contribution in [2.45, 2.75) is 64.0 Å². The van der Waals surface area contributed by atoms with Crippen LogP contribution in [0.2, 0.25) is 0 Å². The van der Waals surface area contributed by atoms with Crippen molar-refractivity contribution >= 4 is 17.8 Å². The monoisotopic (exact) mass is 562 g/mol. The minimum absolute atomic E-state index is 0.0241. The summed E-state index contributed by atoms with van der Waals surface area (Å²) in [6, 6.07) is 11.9. The van der Waals surface area contributed by atoms with Crippen molar-refractivity contribution in [2.75, 3.05) is 14.2 Å². The number of nitrogens with one attached hydrogen (secondary N) is 3. The fraction of sp³-hybridized carbons (Fsp3) is 0.448. The highest BCUT2D eigenvalue weighted by molar-refractivity contribution is 5.95. The largest absolute Gasteiger partial charge is 0.493 e. The van der Waals surface area contributed by atoms with Crippen LogP contribution in [0.15, 0.2) is 47.5 Å². The Labute approximate surface area is 239 Å². The molecule has 3 aromatic rings. The first-order chi connectivity index (χ1) is 19.9. The van der Waals surface area contributed by atoms with Crippen LogP contribution in [0.1, 0.15) is 62.6 Å². The highest BCUT2D eigenvalue weighted by atomic mass is 16.5. The number of hydrogen-bond acceptors (Lipinski definition) is 7. The lowest BCUT2D eigenvalue weighted by Crippen LogP contribution is -2.50. The van der Waals surface area contributed by atoms with E-state index in [-0.39, 0.29) is 24.3 Å². The number of aliphatic imine (C=N–C) groups is 1. The molecule has 5 N–H and O–H groups in total. The topological polar surface area (TPSA) is 170 Å². The van der Waals surface area contributed by atoms with Gasteiger partial charge in [0.2, 0.25) is 5.91 Å². The normalized spacial score (nSPS) is 15.5. The molecule has 2 aromatic carbocycles. The minimum Gasteiger partial charge on any atom is -0.493 e. The molecule has 2 atom stereocenters. The molecule has 0 saturated heterocycles. The summed E-state index contributed by atoms with van der Waals surface area (Å²) in [5.41, 5.74) is 8.58. The fourth-order valence-electron chi connectivity index (χ4n) is 5.17. The Morgan fingerprint density at radius 3 is 2.56 bits per heavy atom. The molecule has 1 fully saturated rings. The summed E-state index contributed by atoms with van der Waals surface area (Å²) in [6.07, 6.45) is 6.24. The molecule has 1 saturated carbocycles. The van der Waals surface area contributed by atoms with Gasteiger partial charge >= 0.3 is 0 Å². The van der Waals surface area contributed by atoms with Crippen LogP contribution in [0.3, 0.4) is 0 Å². The van der Waals surface area contributed by atoms with E-state index in [1.165, 1.54) is 13.5 Å². The van der Waals surface area contributed by atoms with E-state index < -0.39 is 11.9 Å².